The Labute approximate surface area is 125 Å². The predicted octanol–water partition coefficient (Wildman–Crippen LogP) is 3.46. The Bertz CT molecular complexity index is 567. The molecule has 1 aromatic carbocycles. The second-order valence-electron chi connectivity index (χ2n) is 5.13. The maximum Gasteiger partial charge on any atom is 0.261 e. The number of hydrogen-bond donors (Lipinski definition) is 0. The van der Waals surface area contributed by atoms with E-state index in [0.717, 1.165) is 5.56 Å². The fourth-order valence-electron chi connectivity index (χ4n) is 1.95. The number of rotatable bonds is 6. The normalized spacial score (nSPS) is 13.6. The zero-order valence-corrected chi connectivity index (χ0v) is 14.0. The van der Waals surface area contributed by atoms with E-state index in [-0.39, 0.29) is 16.9 Å². The van der Waals surface area contributed by atoms with Gasteiger partial charge in [-0.2, -0.15) is 0 Å². The summed E-state index contributed by atoms with van der Waals surface area (Å²) in [5, 5.41) is 0. The van der Waals surface area contributed by atoms with E-state index in [1.54, 1.807) is 26.2 Å². The Hall–Kier alpha value is -0.780. The van der Waals surface area contributed by atoms with E-state index in [4.69, 9.17) is 20.2 Å². The van der Waals surface area contributed by atoms with Crippen LogP contribution in [0.15, 0.2) is 17.0 Å². The van der Waals surface area contributed by atoms with Crippen molar-refractivity contribution >= 4 is 19.7 Å². The average Bonchev–Trinajstić information content (AvgIpc) is 2.30. The third-order valence-electron chi connectivity index (χ3n) is 2.92. The molecule has 0 fully saturated rings. The van der Waals surface area contributed by atoms with Crippen molar-refractivity contribution in [2.24, 2.45) is 0 Å². The molecular formula is C14H21ClO4S. The lowest BCUT2D eigenvalue weighted by molar-refractivity contribution is 0.0915. The minimum Gasteiger partial charge on any atom is -0.488 e. The summed E-state index contributed by atoms with van der Waals surface area (Å²) < 4.78 is 34.1. The lowest BCUT2D eigenvalue weighted by Gasteiger charge is -2.19. The van der Waals surface area contributed by atoms with E-state index in [9.17, 15) is 8.42 Å². The van der Waals surface area contributed by atoms with Gasteiger partial charge in [-0.1, -0.05) is 13.8 Å². The van der Waals surface area contributed by atoms with Gasteiger partial charge in [0.05, 0.1) is 11.5 Å². The Morgan fingerprint density at radius 3 is 2.30 bits per heavy atom. The van der Waals surface area contributed by atoms with Crippen LogP contribution in [0.5, 0.6) is 5.75 Å². The van der Waals surface area contributed by atoms with Gasteiger partial charge in [0.25, 0.3) is 9.05 Å². The minimum atomic E-state index is -3.76. The summed E-state index contributed by atoms with van der Waals surface area (Å²) in [7, 11) is 3.34. The lowest BCUT2D eigenvalue weighted by atomic mass is 10.0. The highest BCUT2D eigenvalue weighted by Gasteiger charge is 2.21. The van der Waals surface area contributed by atoms with E-state index >= 15 is 0 Å². The Kier molecular flexibility index (Phi) is 5.86. The van der Waals surface area contributed by atoms with E-state index < -0.39 is 9.05 Å². The quantitative estimate of drug-likeness (QED) is 0.753. The zero-order valence-electron chi connectivity index (χ0n) is 12.4. The molecule has 0 heterocycles. The lowest BCUT2D eigenvalue weighted by Crippen LogP contribution is -2.18. The highest BCUT2D eigenvalue weighted by molar-refractivity contribution is 8.13. The largest absolute Gasteiger partial charge is 0.488 e. The molecule has 4 nitrogen and oxygen atoms in total. The van der Waals surface area contributed by atoms with Gasteiger partial charge in [0.2, 0.25) is 0 Å². The van der Waals surface area contributed by atoms with Gasteiger partial charge >= 0.3 is 0 Å². The zero-order chi connectivity index (χ0) is 15.5. The molecule has 0 aliphatic carbocycles. The molecule has 0 bridgehead atoms. The number of halogens is 1. The van der Waals surface area contributed by atoms with Gasteiger partial charge in [-0.3, -0.25) is 0 Å². The van der Waals surface area contributed by atoms with E-state index in [1.807, 2.05) is 20.8 Å². The van der Waals surface area contributed by atoms with Crippen LogP contribution in [0.4, 0.5) is 0 Å². The van der Waals surface area contributed by atoms with Crippen LogP contribution in [0.2, 0.25) is 0 Å². The topological polar surface area (TPSA) is 52.6 Å². The SMILES string of the molecule is COCC(C)Oc1cc(C(C)C)c(S(=O)(=O)Cl)cc1C. The van der Waals surface area contributed by atoms with Gasteiger partial charge in [0.1, 0.15) is 11.9 Å². The van der Waals surface area contributed by atoms with Crippen molar-refractivity contribution in [1.29, 1.82) is 0 Å². The molecule has 114 valence electrons. The summed E-state index contributed by atoms with van der Waals surface area (Å²) >= 11 is 0. The van der Waals surface area contributed by atoms with E-state index in [1.165, 1.54) is 0 Å². The summed E-state index contributed by atoms with van der Waals surface area (Å²) in [5.74, 6) is 0.682. The standard InChI is InChI=1S/C14H21ClO4S/c1-9(2)12-7-13(19-11(4)8-18-5)10(3)6-14(12)20(15,16)17/h6-7,9,11H,8H2,1-5H3. The number of ether oxygens (including phenoxy) is 2. The second-order valence-corrected chi connectivity index (χ2v) is 7.67. The first kappa shape index (κ1) is 17.3. The molecule has 0 radical (unpaired) electrons. The maximum atomic E-state index is 11.7. The van der Waals surface area contributed by atoms with Gasteiger partial charge in [-0.25, -0.2) is 8.42 Å². The fourth-order valence-corrected chi connectivity index (χ4v) is 3.25. The van der Waals surface area contributed by atoms with Gasteiger partial charge in [0.15, 0.2) is 0 Å². The fraction of sp³-hybridized carbons (Fsp3) is 0.571. The molecule has 20 heavy (non-hydrogen) atoms. The highest BCUT2D eigenvalue weighted by atomic mass is 35.7. The van der Waals surface area contributed by atoms with Crippen molar-refractivity contribution in [3.63, 3.8) is 0 Å². The van der Waals surface area contributed by atoms with Gasteiger partial charge in [0, 0.05) is 17.8 Å². The molecule has 1 aromatic rings. The molecule has 0 aliphatic heterocycles. The Morgan fingerprint density at radius 1 is 1.25 bits per heavy atom. The summed E-state index contributed by atoms with van der Waals surface area (Å²) in [5.41, 5.74) is 1.39. The van der Waals surface area contributed by atoms with Gasteiger partial charge in [-0.05, 0) is 43.0 Å². The molecule has 0 aromatic heterocycles. The molecule has 0 aliphatic rings. The van der Waals surface area contributed by atoms with Crippen molar-refractivity contribution < 1.29 is 17.9 Å². The summed E-state index contributed by atoms with van der Waals surface area (Å²) in [6.07, 6.45) is -0.114. The van der Waals surface area contributed by atoms with Crippen LogP contribution in [-0.2, 0) is 13.8 Å². The Morgan fingerprint density at radius 2 is 1.85 bits per heavy atom. The molecule has 0 saturated heterocycles. The molecule has 0 spiro atoms. The highest BCUT2D eigenvalue weighted by Crippen LogP contribution is 2.33. The number of benzene rings is 1. The van der Waals surface area contributed by atoms with Crippen LogP contribution in [0.1, 0.15) is 37.8 Å². The van der Waals surface area contributed by atoms with Crippen LogP contribution in [0.3, 0.4) is 0 Å². The summed E-state index contributed by atoms with van der Waals surface area (Å²) in [6.45, 7) is 7.98. The van der Waals surface area contributed by atoms with Gasteiger partial charge in [-0.15, -0.1) is 0 Å². The van der Waals surface area contributed by atoms with Crippen molar-refractivity contribution in [2.45, 2.75) is 44.6 Å². The Balaban J connectivity index is 3.27. The second kappa shape index (κ2) is 6.78. The molecule has 1 atom stereocenters. The van der Waals surface area contributed by atoms with Crippen molar-refractivity contribution in [3.8, 4) is 5.75 Å². The van der Waals surface area contributed by atoms with Crippen molar-refractivity contribution in [1.82, 2.24) is 0 Å². The molecule has 0 N–H and O–H groups in total. The first-order valence-corrected chi connectivity index (χ1v) is 8.72. The van der Waals surface area contributed by atoms with Crippen molar-refractivity contribution in [2.75, 3.05) is 13.7 Å². The van der Waals surface area contributed by atoms with Crippen LogP contribution < -0.4 is 4.74 Å². The molecule has 0 saturated carbocycles. The smallest absolute Gasteiger partial charge is 0.261 e. The monoisotopic (exact) mass is 320 g/mol. The maximum absolute atomic E-state index is 11.7. The minimum absolute atomic E-state index is 0.0270. The third kappa shape index (κ3) is 4.36. The first-order valence-electron chi connectivity index (χ1n) is 6.41. The number of hydrogen-bond acceptors (Lipinski definition) is 4. The third-order valence-corrected chi connectivity index (χ3v) is 4.30. The van der Waals surface area contributed by atoms with Crippen LogP contribution >= 0.6 is 10.7 Å². The molecule has 0 amide bonds. The van der Waals surface area contributed by atoms with Crippen LogP contribution in [0.25, 0.3) is 0 Å². The average molecular weight is 321 g/mol. The summed E-state index contributed by atoms with van der Waals surface area (Å²) in [4.78, 5) is 0.151. The van der Waals surface area contributed by atoms with Crippen molar-refractivity contribution in [3.05, 3.63) is 23.3 Å². The van der Waals surface area contributed by atoms with E-state index in [0.29, 0.717) is 17.9 Å². The number of methoxy groups -OCH3 is 1. The molecule has 1 rings (SSSR count). The van der Waals surface area contributed by atoms with Crippen LogP contribution in [-0.4, -0.2) is 28.2 Å². The summed E-state index contributed by atoms with van der Waals surface area (Å²) in [6, 6.07) is 3.31. The predicted molar refractivity (Wildman–Crippen MR) is 80.3 cm³/mol. The van der Waals surface area contributed by atoms with E-state index in [2.05, 4.69) is 0 Å². The molecule has 6 heteroatoms. The van der Waals surface area contributed by atoms with Crippen LogP contribution in [0, 0.1) is 6.92 Å². The first-order chi connectivity index (χ1) is 9.16. The van der Waals surface area contributed by atoms with Gasteiger partial charge < -0.3 is 9.47 Å². The molecule has 1 unspecified atom stereocenters. The number of aryl methyl sites for hydroxylation is 1. The molecular weight excluding hydrogens is 300 g/mol.